The van der Waals surface area contributed by atoms with Gasteiger partial charge in [0.2, 0.25) is 11.8 Å². The molecule has 4 aromatic heterocycles. The van der Waals surface area contributed by atoms with Gasteiger partial charge in [-0.2, -0.15) is 4.39 Å². The molecule has 0 bridgehead atoms. The minimum Gasteiger partial charge on any atom is -0.475 e. The molecule has 8 nitrogen and oxygen atoms in total. The third-order valence-electron chi connectivity index (χ3n) is 5.22. The highest BCUT2D eigenvalue weighted by atomic mass is 35.5. The van der Waals surface area contributed by atoms with Crippen LogP contribution < -0.4 is 10.5 Å². The summed E-state index contributed by atoms with van der Waals surface area (Å²) in [5.74, 6) is 0.216. The fourth-order valence-corrected chi connectivity index (χ4v) is 4.07. The highest BCUT2D eigenvalue weighted by molar-refractivity contribution is 6.32. The van der Waals surface area contributed by atoms with Crippen molar-refractivity contribution in [1.29, 1.82) is 0 Å². The first-order chi connectivity index (χ1) is 17.9. The van der Waals surface area contributed by atoms with E-state index in [0.29, 0.717) is 34.7 Å². The Morgan fingerprint density at radius 1 is 0.842 bits per heavy atom. The van der Waals surface area contributed by atoms with E-state index in [-0.39, 0.29) is 5.02 Å². The van der Waals surface area contributed by atoms with Crippen LogP contribution in [-0.4, -0.2) is 42.0 Å². The third kappa shape index (κ3) is 8.65. The fraction of sp³-hybridized carbons (Fsp3) is 0.333. The van der Waals surface area contributed by atoms with Gasteiger partial charge in [-0.1, -0.05) is 37.0 Å². The van der Waals surface area contributed by atoms with E-state index in [1.807, 2.05) is 26.8 Å². The van der Waals surface area contributed by atoms with E-state index in [1.54, 1.807) is 18.3 Å². The van der Waals surface area contributed by atoms with Crippen molar-refractivity contribution in [2.45, 2.75) is 46.6 Å². The molecule has 0 unspecified atom stereocenters. The molecular formula is C27H30Cl2FN7O. The smallest absolute Gasteiger partial charge is 0.232 e. The van der Waals surface area contributed by atoms with E-state index in [1.165, 1.54) is 24.9 Å². The van der Waals surface area contributed by atoms with Crippen LogP contribution >= 0.6 is 23.2 Å². The molecule has 0 saturated carbocycles. The van der Waals surface area contributed by atoms with Gasteiger partial charge in [-0.05, 0) is 57.4 Å². The van der Waals surface area contributed by atoms with Gasteiger partial charge >= 0.3 is 0 Å². The first-order valence-corrected chi connectivity index (χ1v) is 12.7. The minimum absolute atomic E-state index is 0.0104. The quantitative estimate of drug-likeness (QED) is 0.264. The molecule has 4 rings (SSSR count). The molecule has 0 aliphatic carbocycles. The molecule has 0 aliphatic rings. The summed E-state index contributed by atoms with van der Waals surface area (Å²) in [6.45, 7) is 10.4. The number of hydrogen-bond acceptors (Lipinski definition) is 8. The highest BCUT2D eigenvalue weighted by Crippen LogP contribution is 2.28. The molecular weight excluding hydrogens is 528 g/mol. The molecule has 0 fully saturated rings. The minimum atomic E-state index is -0.675. The molecule has 1 atom stereocenters. The zero-order valence-corrected chi connectivity index (χ0v) is 23.4. The van der Waals surface area contributed by atoms with Gasteiger partial charge in [0.1, 0.15) is 24.3 Å². The van der Waals surface area contributed by atoms with Crippen LogP contribution in [0.4, 0.5) is 4.39 Å². The summed E-state index contributed by atoms with van der Waals surface area (Å²) in [7, 11) is 0. The van der Waals surface area contributed by atoms with Crippen LogP contribution in [0.25, 0.3) is 22.5 Å². The average Bonchev–Trinajstić information content (AvgIpc) is 2.84. The number of hydrogen-bond donors (Lipinski definition) is 1. The monoisotopic (exact) mass is 557 g/mol. The van der Waals surface area contributed by atoms with Gasteiger partial charge in [0.25, 0.3) is 0 Å². The maximum atomic E-state index is 12.8. The van der Waals surface area contributed by atoms with Gasteiger partial charge in [0, 0.05) is 40.4 Å². The largest absolute Gasteiger partial charge is 0.475 e. The zero-order valence-electron chi connectivity index (χ0n) is 21.9. The Balaban J connectivity index is 0.000000230. The Morgan fingerprint density at radius 2 is 1.37 bits per heavy atom. The SMILES string of the molecule is Cc1cc(-c2cnc(F)c(Cl)c2)ncn1.Cc1cc(-c2cnc(OC[C@@](C)(N)CC(C)C)c(Cl)c2)ncn1. The van der Waals surface area contributed by atoms with Crippen molar-refractivity contribution in [3.63, 3.8) is 0 Å². The Bertz CT molecular complexity index is 1390. The maximum Gasteiger partial charge on any atom is 0.232 e. The lowest BCUT2D eigenvalue weighted by molar-refractivity contribution is 0.201. The van der Waals surface area contributed by atoms with Gasteiger partial charge in [0.15, 0.2) is 0 Å². The lowest BCUT2D eigenvalue weighted by Gasteiger charge is -2.26. The van der Waals surface area contributed by atoms with E-state index in [0.717, 1.165) is 29.1 Å². The van der Waals surface area contributed by atoms with E-state index >= 15 is 0 Å². The van der Waals surface area contributed by atoms with Crippen LogP contribution in [0, 0.1) is 25.7 Å². The first-order valence-electron chi connectivity index (χ1n) is 11.9. The molecule has 4 heterocycles. The summed E-state index contributed by atoms with van der Waals surface area (Å²) in [4.78, 5) is 24.1. The normalized spacial score (nSPS) is 12.5. The first kappa shape index (κ1) is 29.3. The molecule has 11 heteroatoms. The number of aromatic nitrogens is 6. The Hall–Kier alpha value is -3.27. The molecule has 0 aromatic carbocycles. The molecule has 200 valence electrons. The number of halogens is 3. The predicted octanol–water partition coefficient (Wildman–Crippen LogP) is 6.28. The van der Waals surface area contributed by atoms with Crippen LogP contribution in [0.1, 0.15) is 38.6 Å². The molecule has 0 aliphatic heterocycles. The van der Waals surface area contributed by atoms with Crippen molar-refractivity contribution in [3.8, 4) is 28.4 Å². The van der Waals surface area contributed by atoms with Gasteiger partial charge in [-0.15, -0.1) is 0 Å². The molecule has 4 aromatic rings. The standard InChI is InChI=1S/C17H23ClN4O.C10H7ClFN3/c1-11(2)7-17(4,19)9-23-16-14(18)6-13(8-20-16)15-5-12(3)21-10-22-15;1-6-2-9(15-5-14-6)7-3-8(11)10(12)13-4-7/h5-6,8,10-11H,7,9,19H2,1-4H3;2-5H,1H3/t17-;/m0./s1. The summed E-state index contributed by atoms with van der Waals surface area (Å²) in [5.41, 5.74) is 10.5. The second-order valence-electron chi connectivity index (χ2n) is 9.64. The fourth-order valence-electron chi connectivity index (χ4n) is 3.68. The third-order valence-corrected chi connectivity index (χ3v) is 5.75. The van der Waals surface area contributed by atoms with Crippen molar-refractivity contribution in [3.05, 3.63) is 76.7 Å². The van der Waals surface area contributed by atoms with E-state index in [4.69, 9.17) is 33.7 Å². The molecule has 0 radical (unpaired) electrons. The average molecular weight is 558 g/mol. The second-order valence-corrected chi connectivity index (χ2v) is 10.5. The second kappa shape index (κ2) is 13.0. The van der Waals surface area contributed by atoms with Crippen molar-refractivity contribution in [2.24, 2.45) is 11.7 Å². The maximum absolute atomic E-state index is 12.8. The van der Waals surface area contributed by atoms with Gasteiger partial charge in [0.05, 0.1) is 16.4 Å². The number of nitrogens with two attached hydrogens (primary N) is 1. The van der Waals surface area contributed by atoms with Crippen molar-refractivity contribution < 1.29 is 9.13 Å². The number of aryl methyl sites for hydroxylation is 2. The van der Waals surface area contributed by atoms with E-state index in [2.05, 4.69) is 43.8 Å². The number of ether oxygens (including phenoxy) is 1. The van der Waals surface area contributed by atoms with Crippen LogP contribution in [0.2, 0.25) is 10.0 Å². The van der Waals surface area contributed by atoms with Gasteiger partial charge in [-0.3, -0.25) is 0 Å². The number of rotatable bonds is 7. The topological polar surface area (TPSA) is 113 Å². The predicted molar refractivity (Wildman–Crippen MR) is 148 cm³/mol. The Kier molecular flexibility index (Phi) is 10.0. The van der Waals surface area contributed by atoms with Crippen molar-refractivity contribution >= 4 is 23.2 Å². The van der Waals surface area contributed by atoms with Crippen molar-refractivity contribution in [1.82, 2.24) is 29.9 Å². The molecule has 0 saturated heterocycles. The Labute approximate surface area is 231 Å². The van der Waals surface area contributed by atoms with Crippen LogP contribution in [0.3, 0.4) is 0 Å². The van der Waals surface area contributed by atoms with E-state index in [9.17, 15) is 4.39 Å². The van der Waals surface area contributed by atoms with Gasteiger partial charge < -0.3 is 10.5 Å². The van der Waals surface area contributed by atoms with Crippen LogP contribution in [0.15, 0.2) is 49.3 Å². The summed E-state index contributed by atoms with van der Waals surface area (Å²) in [6.07, 6.45) is 6.92. The molecule has 0 amide bonds. The van der Waals surface area contributed by atoms with Crippen molar-refractivity contribution in [2.75, 3.05) is 6.61 Å². The van der Waals surface area contributed by atoms with Crippen LogP contribution in [-0.2, 0) is 0 Å². The number of pyridine rings is 2. The molecule has 2 N–H and O–H groups in total. The number of nitrogens with zero attached hydrogens (tertiary/aromatic N) is 6. The molecule has 0 spiro atoms. The van der Waals surface area contributed by atoms with Gasteiger partial charge in [-0.25, -0.2) is 29.9 Å². The lowest BCUT2D eigenvalue weighted by Crippen LogP contribution is -2.43. The summed E-state index contributed by atoms with van der Waals surface area (Å²) in [5, 5.41) is 0.433. The summed E-state index contributed by atoms with van der Waals surface area (Å²) in [6, 6.07) is 6.95. The summed E-state index contributed by atoms with van der Waals surface area (Å²) >= 11 is 11.9. The lowest BCUT2D eigenvalue weighted by atomic mass is 9.93. The zero-order chi connectivity index (χ0) is 27.9. The molecule has 38 heavy (non-hydrogen) atoms. The Morgan fingerprint density at radius 3 is 1.84 bits per heavy atom. The summed E-state index contributed by atoms with van der Waals surface area (Å²) < 4.78 is 18.5. The highest BCUT2D eigenvalue weighted by Gasteiger charge is 2.22. The van der Waals surface area contributed by atoms with E-state index < -0.39 is 11.5 Å². The van der Waals surface area contributed by atoms with Crippen LogP contribution in [0.5, 0.6) is 5.88 Å².